The van der Waals surface area contributed by atoms with Gasteiger partial charge >= 0.3 is 37.4 Å². The molecule has 112 valence electrons. The van der Waals surface area contributed by atoms with E-state index in [2.05, 4.69) is 11.4 Å². The second-order valence-electron chi connectivity index (χ2n) is 4.86. The fourth-order valence-corrected chi connectivity index (χ4v) is 2.32. The Morgan fingerprint density at radius 3 is 1.53 bits per heavy atom. The topological polar surface area (TPSA) is 66.8 Å². The fraction of sp³-hybridized carbons (Fsp3) is 1.00. The minimum absolute atomic E-state index is 0. The van der Waals surface area contributed by atoms with Crippen molar-refractivity contribution in [2.75, 3.05) is 6.61 Å². The van der Waals surface area contributed by atoms with E-state index in [9.17, 15) is 4.57 Å². The van der Waals surface area contributed by atoms with Gasteiger partial charge in [-0.15, -0.1) is 0 Å². The second kappa shape index (κ2) is 15.5. The zero-order chi connectivity index (χ0) is 13.7. The van der Waals surface area contributed by atoms with Gasteiger partial charge in [0.25, 0.3) is 0 Å². The van der Waals surface area contributed by atoms with Crippen molar-refractivity contribution in [1.29, 1.82) is 0 Å². The summed E-state index contributed by atoms with van der Waals surface area (Å²) in [5.41, 5.74) is 0. The summed E-state index contributed by atoms with van der Waals surface area (Å²) in [6, 6.07) is 0. The molecule has 0 saturated heterocycles. The first-order chi connectivity index (χ1) is 8.56. The summed E-state index contributed by atoms with van der Waals surface area (Å²) in [6.45, 7) is 2.40. The third kappa shape index (κ3) is 21.6. The maximum atomic E-state index is 10.4. The molecule has 19 heavy (non-hydrogen) atoms. The molecule has 0 fully saturated rings. The molecule has 0 aliphatic heterocycles. The van der Waals surface area contributed by atoms with Crippen LogP contribution in [0.5, 0.6) is 0 Å². The van der Waals surface area contributed by atoms with Gasteiger partial charge in [-0.3, -0.25) is 4.52 Å². The summed E-state index contributed by atoms with van der Waals surface area (Å²) in [5.74, 6) is 0. The van der Waals surface area contributed by atoms with E-state index in [1.165, 1.54) is 51.4 Å². The van der Waals surface area contributed by atoms with Gasteiger partial charge in [-0.1, -0.05) is 71.1 Å². The standard InChI is InChI=1S/C13H29O4P.Na.H/c1-2-3-4-5-6-7-8-9-10-11-12-13-17-18(14,15)16;;/h2-13H2,1H3,(H2,14,15,16);;. The van der Waals surface area contributed by atoms with Crippen LogP contribution in [-0.4, -0.2) is 46.0 Å². The second-order valence-corrected chi connectivity index (χ2v) is 6.10. The van der Waals surface area contributed by atoms with Gasteiger partial charge in [0.15, 0.2) is 0 Å². The van der Waals surface area contributed by atoms with Crippen LogP contribution in [0.3, 0.4) is 0 Å². The van der Waals surface area contributed by atoms with Crippen molar-refractivity contribution in [3.63, 3.8) is 0 Å². The zero-order valence-corrected chi connectivity index (χ0v) is 12.5. The van der Waals surface area contributed by atoms with E-state index in [-0.39, 0.29) is 36.2 Å². The number of unbranched alkanes of at least 4 members (excludes halogenated alkanes) is 10. The van der Waals surface area contributed by atoms with Gasteiger partial charge in [0.05, 0.1) is 6.61 Å². The number of hydrogen-bond acceptors (Lipinski definition) is 2. The summed E-state index contributed by atoms with van der Waals surface area (Å²) < 4.78 is 14.8. The molecule has 0 aromatic heterocycles. The Hall–Kier alpha value is 1.11. The van der Waals surface area contributed by atoms with Crippen molar-refractivity contribution < 1.29 is 18.9 Å². The molecule has 0 aliphatic carbocycles. The molecule has 0 atom stereocenters. The number of rotatable bonds is 13. The quantitative estimate of drug-likeness (QED) is 0.309. The van der Waals surface area contributed by atoms with Crippen molar-refractivity contribution >= 4 is 37.4 Å². The minimum atomic E-state index is -4.25. The molecule has 0 unspecified atom stereocenters. The summed E-state index contributed by atoms with van der Waals surface area (Å²) in [7, 11) is -4.25. The molecule has 0 aromatic rings. The number of phosphoric ester groups is 1. The average Bonchev–Trinajstić information content (AvgIpc) is 2.29. The van der Waals surface area contributed by atoms with Crippen LogP contribution in [0.15, 0.2) is 0 Å². The van der Waals surface area contributed by atoms with Crippen LogP contribution in [0.4, 0.5) is 0 Å². The predicted octanol–water partition coefficient (Wildman–Crippen LogP) is 3.76. The number of hydrogen-bond donors (Lipinski definition) is 2. The molecule has 0 amide bonds. The van der Waals surface area contributed by atoms with E-state index in [1.807, 2.05) is 0 Å². The third-order valence-corrected chi connectivity index (χ3v) is 3.53. The van der Waals surface area contributed by atoms with Crippen LogP contribution in [0, 0.1) is 0 Å². The van der Waals surface area contributed by atoms with Crippen molar-refractivity contribution in [2.45, 2.75) is 77.6 Å². The maximum absolute atomic E-state index is 10.4. The van der Waals surface area contributed by atoms with E-state index in [1.54, 1.807) is 0 Å². The van der Waals surface area contributed by atoms with Crippen molar-refractivity contribution in [3.8, 4) is 0 Å². The summed E-state index contributed by atoms with van der Waals surface area (Å²) in [6.07, 6.45) is 13.5. The van der Waals surface area contributed by atoms with Gasteiger partial charge in [0.2, 0.25) is 0 Å². The molecule has 4 nitrogen and oxygen atoms in total. The molecular weight excluding hydrogens is 274 g/mol. The van der Waals surface area contributed by atoms with E-state index < -0.39 is 7.82 Å². The molecule has 0 radical (unpaired) electrons. The van der Waals surface area contributed by atoms with Crippen LogP contribution in [0.2, 0.25) is 0 Å². The normalized spacial score (nSPS) is 11.3. The zero-order valence-electron chi connectivity index (χ0n) is 11.6. The monoisotopic (exact) mass is 304 g/mol. The average molecular weight is 304 g/mol. The summed E-state index contributed by atoms with van der Waals surface area (Å²) in [5, 5.41) is 0. The first kappa shape index (κ1) is 22.4. The third-order valence-electron chi connectivity index (χ3n) is 3.01. The molecule has 0 heterocycles. The molecular formula is C13H30NaO4P. The van der Waals surface area contributed by atoms with Gasteiger partial charge in [0, 0.05) is 0 Å². The Morgan fingerprint density at radius 2 is 1.16 bits per heavy atom. The molecule has 2 N–H and O–H groups in total. The molecule has 0 aliphatic rings. The van der Waals surface area contributed by atoms with Crippen molar-refractivity contribution in [2.24, 2.45) is 0 Å². The van der Waals surface area contributed by atoms with E-state index in [0.717, 1.165) is 19.3 Å². The van der Waals surface area contributed by atoms with Gasteiger partial charge in [-0.05, 0) is 6.42 Å². The Balaban J connectivity index is 0. The SMILES string of the molecule is CCCCCCCCCCCCCOP(=O)(O)O.[NaH]. The molecule has 6 heteroatoms. The Labute approximate surface area is 140 Å². The van der Waals surface area contributed by atoms with Crippen molar-refractivity contribution in [1.82, 2.24) is 0 Å². The van der Waals surface area contributed by atoms with Gasteiger partial charge in [0.1, 0.15) is 0 Å². The number of phosphoric acid groups is 1. The van der Waals surface area contributed by atoms with Crippen molar-refractivity contribution in [3.05, 3.63) is 0 Å². The summed E-state index contributed by atoms with van der Waals surface area (Å²) in [4.78, 5) is 16.9. The van der Waals surface area contributed by atoms with E-state index in [0.29, 0.717) is 0 Å². The van der Waals surface area contributed by atoms with Crippen LogP contribution in [-0.2, 0) is 9.09 Å². The molecule has 0 saturated carbocycles. The molecule has 0 aromatic carbocycles. The van der Waals surface area contributed by atoms with Crippen LogP contribution >= 0.6 is 7.82 Å². The summed E-state index contributed by atoms with van der Waals surface area (Å²) >= 11 is 0. The van der Waals surface area contributed by atoms with Gasteiger partial charge < -0.3 is 9.79 Å². The van der Waals surface area contributed by atoms with Gasteiger partial charge in [-0.25, -0.2) is 4.57 Å². The predicted molar refractivity (Wildman–Crippen MR) is 81.6 cm³/mol. The molecule has 0 rings (SSSR count). The van der Waals surface area contributed by atoms with Crippen LogP contribution < -0.4 is 0 Å². The van der Waals surface area contributed by atoms with Crippen LogP contribution in [0.1, 0.15) is 77.6 Å². The molecule has 0 bridgehead atoms. The first-order valence-corrected chi connectivity index (χ1v) is 8.79. The molecule has 0 spiro atoms. The Morgan fingerprint density at radius 1 is 0.789 bits per heavy atom. The Bertz CT molecular complexity index is 221. The van der Waals surface area contributed by atoms with Crippen LogP contribution in [0.25, 0.3) is 0 Å². The first-order valence-electron chi connectivity index (χ1n) is 7.26. The van der Waals surface area contributed by atoms with Gasteiger partial charge in [-0.2, -0.15) is 0 Å². The van der Waals surface area contributed by atoms with E-state index >= 15 is 0 Å². The Kier molecular flexibility index (Phi) is 18.3. The fourth-order valence-electron chi connectivity index (χ4n) is 1.95. The van der Waals surface area contributed by atoms with E-state index in [4.69, 9.17) is 9.79 Å².